The van der Waals surface area contributed by atoms with Crippen molar-refractivity contribution in [1.29, 1.82) is 0 Å². The van der Waals surface area contributed by atoms with Gasteiger partial charge in [-0.2, -0.15) is 0 Å². The van der Waals surface area contributed by atoms with Gasteiger partial charge in [-0.1, -0.05) is 55.2 Å². The van der Waals surface area contributed by atoms with E-state index >= 15 is 0 Å². The van der Waals surface area contributed by atoms with E-state index in [4.69, 9.17) is 32.7 Å². The van der Waals surface area contributed by atoms with Crippen LogP contribution in [0.5, 0.6) is 5.75 Å². The first-order chi connectivity index (χ1) is 15.2. The highest BCUT2D eigenvalue weighted by Crippen LogP contribution is 2.32. The van der Waals surface area contributed by atoms with Crippen molar-refractivity contribution in [3.63, 3.8) is 0 Å². The fourth-order valence-corrected chi connectivity index (χ4v) is 4.02. The average molecular weight is 494 g/mol. The number of imide groups is 1. The molecule has 0 saturated carbocycles. The van der Waals surface area contributed by atoms with Crippen LogP contribution in [0.25, 0.3) is 6.08 Å². The molecule has 2 amide bonds. The van der Waals surface area contributed by atoms with Crippen LogP contribution in [-0.4, -0.2) is 35.2 Å². The molecule has 0 unspecified atom stereocenters. The third kappa shape index (κ3) is 6.51. The molecule has 1 aliphatic rings. The first kappa shape index (κ1) is 24.2. The normalized spacial score (nSPS) is 15.0. The maximum Gasteiger partial charge on any atom is 0.326 e. The van der Waals surface area contributed by atoms with E-state index in [1.807, 2.05) is 13.8 Å². The van der Waals surface area contributed by atoms with Crippen LogP contribution in [0.1, 0.15) is 25.0 Å². The summed E-state index contributed by atoms with van der Waals surface area (Å²) >= 11 is 12.9. The molecule has 0 atom stereocenters. The first-order valence-electron chi connectivity index (χ1n) is 9.80. The number of hydrogen-bond acceptors (Lipinski definition) is 6. The standard InChI is InChI=1S/C23H21Cl2NO5S/c1-14(2)12-31-21(27)11-26-22(28)20(32-23(26)29)9-15-4-3-5-18(8-15)30-13-16-6-7-17(24)10-19(16)25/h3-10,14H,11-13H2,1-2H3/b20-9+. The second kappa shape index (κ2) is 10.9. The zero-order valence-electron chi connectivity index (χ0n) is 17.5. The topological polar surface area (TPSA) is 72.9 Å². The molecule has 9 heteroatoms. The zero-order valence-corrected chi connectivity index (χ0v) is 19.8. The lowest BCUT2D eigenvalue weighted by atomic mass is 10.2. The molecule has 0 spiro atoms. The summed E-state index contributed by atoms with van der Waals surface area (Å²) in [4.78, 5) is 37.8. The summed E-state index contributed by atoms with van der Waals surface area (Å²) in [5.41, 5.74) is 1.46. The molecule has 0 aliphatic carbocycles. The molecule has 1 aliphatic heterocycles. The molecule has 0 bridgehead atoms. The number of nitrogens with zero attached hydrogens (tertiary/aromatic N) is 1. The number of hydrogen-bond donors (Lipinski definition) is 0. The molecule has 1 heterocycles. The van der Waals surface area contributed by atoms with Crippen LogP contribution in [-0.2, 0) is 20.9 Å². The minimum absolute atomic E-state index is 0.166. The Kier molecular flexibility index (Phi) is 8.23. The highest BCUT2D eigenvalue weighted by molar-refractivity contribution is 8.18. The number of halogens is 2. The van der Waals surface area contributed by atoms with Gasteiger partial charge in [0, 0.05) is 15.6 Å². The van der Waals surface area contributed by atoms with E-state index in [-0.39, 0.29) is 24.0 Å². The van der Waals surface area contributed by atoms with Gasteiger partial charge in [-0.25, -0.2) is 0 Å². The predicted molar refractivity (Wildman–Crippen MR) is 126 cm³/mol. The monoisotopic (exact) mass is 493 g/mol. The minimum atomic E-state index is -0.612. The number of carbonyl (C=O) groups excluding carboxylic acids is 3. The molecule has 1 fully saturated rings. The van der Waals surface area contributed by atoms with Crippen LogP contribution in [0, 0.1) is 5.92 Å². The van der Waals surface area contributed by atoms with E-state index in [0.29, 0.717) is 21.4 Å². The van der Waals surface area contributed by atoms with Crippen molar-refractivity contribution in [2.75, 3.05) is 13.2 Å². The highest BCUT2D eigenvalue weighted by atomic mass is 35.5. The Morgan fingerprint density at radius 2 is 1.94 bits per heavy atom. The van der Waals surface area contributed by atoms with Gasteiger partial charge in [0.05, 0.1) is 11.5 Å². The summed E-state index contributed by atoms with van der Waals surface area (Å²) in [7, 11) is 0. The smallest absolute Gasteiger partial charge is 0.326 e. The second-order valence-electron chi connectivity index (χ2n) is 7.44. The third-order valence-corrected chi connectivity index (χ3v) is 5.80. The van der Waals surface area contributed by atoms with E-state index < -0.39 is 23.7 Å². The Balaban J connectivity index is 1.65. The van der Waals surface area contributed by atoms with Crippen molar-refractivity contribution in [2.45, 2.75) is 20.5 Å². The van der Waals surface area contributed by atoms with Crippen LogP contribution >= 0.6 is 35.0 Å². The Hall–Kier alpha value is -2.48. The predicted octanol–water partition coefficient (Wildman–Crippen LogP) is 5.81. The fourth-order valence-electron chi connectivity index (χ4n) is 2.72. The Bertz CT molecular complexity index is 1070. The lowest BCUT2D eigenvalue weighted by molar-refractivity contribution is -0.147. The number of rotatable bonds is 8. The highest BCUT2D eigenvalue weighted by Gasteiger charge is 2.36. The number of benzene rings is 2. The van der Waals surface area contributed by atoms with Crippen molar-refractivity contribution in [3.05, 3.63) is 68.5 Å². The van der Waals surface area contributed by atoms with Gasteiger partial charge >= 0.3 is 5.97 Å². The molecule has 3 rings (SSSR count). The van der Waals surface area contributed by atoms with E-state index in [9.17, 15) is 14.4 Å². The average Bonchev–Trinajstić information content (AvgIpc) is 2.99. The summed E-state index contributed by atoms with van der Waals surface area (Å²) in [5.74, 6) is -0.403. The van der Waals surface area contributed by atoms with Gasteiger partial charge in [0.15, 0.2) is 0 Å². The van der Waals surface area contributed by atoms with Gasteiger partial charge < -0.3 is 9.47 Å². The number of thioether (sulfide) groups is 1. The molecule has 0 aromatic heterocycles. The van der Waals surface area contributed by atoms with Crippen molar-refractivity contribution in [1.82, 2.24) is 4.90 Å². The summed E-state index contributed by atoms with van der Waals surface area (Å²) in [6.45, 7) is 3.88. The number of ether oxygens (including phenoxy) is 2. The van der Waals surface area contributed by atoms with Crippen LogP contribution in [0.4, 0.5) is 4.79 Å². The van der Waals surface area contributed by atoms with Crippen molar-refractivity contribution >= 4 is 58.2 Å². The third-order valence-electron chi connectivity index (χ3n) is 4.30. The summed E-state index contributed by atoms with van der Waals surface area (Å²) < 4.78 is 10.9. The van der Waals surface area contributed by atoms with Gasteiger partial charge in [0.25, 0.3) is 11.1 Å². The van der Waals surface area contributed by atoms with Gasteiger partial charge in [0.1, 0.15) is 18.9 Å². The largest absolute Gasteiger partial charge is 0.489 e. The summed E-state index contributed by atoms with van der Waals surface area (Å²) in [5, 5.41) is 0.546. The number of esters is 1. The molecule has 2 aromatic carbocycles. The van der Waals surface area contributed by atoms with Crippen LogP contribution < -0.4 is 4.74 Å². The van der Waals surface area contributed by atoms with Crippen molar-refractivity contribution < 1.29 is 23.9 Å². The van der Waals surface area contributed by atoms with Gasteiger partial charge in [0.2, 0.25) is 0 Å². The van der Waals surface area contributed by atoms with Crippen LogP contribution in [0.15, 0.2) is 47.4 Å². The second-order valence-corrected chi connectivity index (χ2v) is 9.28. The lowest BCUT2D eigenvalue weighted by Gasteiger charge is -2.12. The molecular weight excluding hydrogens is 473 g/mol. The molecule has 0 radical (unpaired) electrons. The quantitative estimate of drug-likeness (QED) is 0.341. The molecule has 0 N–H and O–H groups in total. The molecule has 1 saturated heterocycles. The van der Waals surface area contributed by atoms with E-state index in [0.717, 1.165) is 22.2 Å². The molecule has 6 nitrogen and oxygen atoms in total. The van der Waals surface area contributed by atoms with Crippen molar-refractivity contribution in [2.24, 2.45) is 5.92 Å². The van der Waals surface area contributed by atoms with Gasteiger partial charge in [-0.15, -0.1) is 0 Å². The van der Waals surface area contributed by atoms with Crippen molar-refractivity contribution in [3.8, 4) is 5.75 Å². The Morgan fingerprint density at radius 1 is 1.16 bits per heavy atom. The Labute approximate surface area is 200 Å². The minimum Gasteiger partial charge on any atom is -0.489 e. The maximum absolute atomic E-state index is 12.6. The molecule has 168 valence electrons. The zero-order chi connectivity index (χ0) is 23.3. The molecular formula is C23H21Cl2NO5S. The summed E-state index contributed by atoms with van der Waals surface area (Å²) in [6, 6.07) is 12.2. The van der Waals surface area contributed by atoms with E-state index in [1.54, 1.807) is 48.5 Å². The number of amides is 2. The lowest BCUT2D eigenvalue weighted by Crippen LogP contribution is -2.34. The van der Waals surface area contributed by atoms with E-state index in [2.05, 4.69) is 0 Å². The molecule has 2 aromatic rings. The van der Waals surface area contributed by atoms with Crippen LogP contribution in [0.3, 0.4) is 0 Å². The Morgan fingerprint density at radius 3 is 2.66 bits per heavy atom. The fraction of sp³-hybridized carbons (Fsp3) is 0.261. The van der Waals surface area contributed by atoms with Gasteiger partial charge in [-0.3, -0.25) is 19.3 Å². The summed E-state index contributed by atoms with van der Waals surface area (Å²) in [6.07, 6.45) is 1.59. The van der Waals surface area contributed by atoms with Crippen LogP contribution in [0.2, 0.25) is 10.0 Å². The maximum atomic E-state index is 12.6. The first-order valence-corrected chi connectivity index (χ1v) is 11.4. The molecule has 32 heavy (non-hydrogen) atoms. The SMILES string of the molecule is CC(C)COC(=O)CN1C(=O)S/C(=C/c2cccc(OCc3ccc(Cl)cc3Cl)c2)C1=O. The van der Waals surface area contributed by atoms with E-state index in [1.165, 1.54) is 0 Å². The van der Waals surface area contributed by atoms with Gasteiger partial charge in [-0.05, 0) is 53.6 Å². The number of carbonyl (C=O) groups is 3.